The van der Waals surface area contributed by atoms with Gasteiger partial charge in [0, 0.05) is 17.4 Å². The van der Waals surface area contributed by atoms with Gasteiger partial charge in [-0.3, -0.25) is 0 Å². The molecule has 2 fully saturated rings. The van der Waals surface area contributed by atoms with Crippen LogP contribution in [-0.2, 0) is 0 Å². The Kier molecular flexibility index (Phi) is 3.38. The summed E-state index contributed by atoms with van der Waals surface area (Å²) in [6.07, 6.45) is 5.92. The summed E-state index contributed by atoms with van der Waals surface area (Å²) in [5, 5.41) is 13.9. The first kappa shape index (κ1) is 11.5. The minimum atomic E-state index is -0.320. The van der Waals surface area contributed by atoms with E-state index >= 15 is 0 Å². The number of aliphatic hydroxyl groups excluding tert-OH is 1. The number of rotatable bonds is 2. The summed E-state index contributed by atoms with van der Waals surface area (Å²) in [5.41, 5.74) is 0. The highest BCUT2D eigenvalue weighted by Crippen LogP contribution is 2.35. The molecule has 1 aromatic rings. The Morgan fingerprint density at radius 2 is 2.00 bits per heavy atom. The second-order valence-electron chi connectivity index (χ2n) is 5.04. The van der Waals surface area contributed by atoms with E-state index < -0.39 is 0 Å². The van der Waals surface area contributed by atoms with Crippen LogP contribution in [0.15, 0.2) is 4.52 Å². The van der Waals surface area contributed by atoms with Crippen LogP contribution in [0.5, 0.6) is 0 Å². The molecule has 3 rings (SSSR count). The minimum absolute atomic E-state index is 0.0461. The number of nitrogens with zero attached hydrogens (tertiary/aromatic N) is 2. The first-order valence-corrected chi connectivity index (χ1v) is 7.59. The number of aliphatic hydroxyl groups is 1. The maximum atomic E-state index is 9.81. The van der Waals surface area contributed by atoms with E-state index in [2.05, 4.69) is 10.1 Å². The number of hydrogen-bond donors (Lipinski definition) is 1. The zero-order chi connectivity index (χ0) is 11.7. The normalized spacial score (nSPS) is 30.9. The Labute approximate surface area is 105 Å². The van der Waals surface area contributed by atoms with Gasteiger partial charge in [-0.15, -0.1) is 0 Å². The number of aromatic nitrogens is 2. The Bertz CT molecular complexity index is 376. The third kappa shape index (κ3) is 2.36. The van der Waals surface area contributed by atoms with Crippen LogP contribution >= 0.6 is 11.8 Å². The summed E-state index contributed by atoms with van der Waals surface area (Å²) in [4.78, 5) is 4.52. The van der Waals surface area contributed by atoms with Crippen molar-refractivity contribution in [2.75, 3.05) is 11.5 Å². The van der Waals surface area contributed by atoms with E-state index in [9.17, 15) is 5.11 Å². The molecule has 0 aromatic carbocycles. The van der Waals surface area contributed by atoms with Crippen molar-refractivity contribution in [3.63, 3.8) is 0 Å². The van der Waals surface area contributed by atoms with Crippen LogP contribution in [-0.4, -0.2) is 32.9 Å². The Balaban J connectivity index is 1.73. The second kappa shape index (κ2) is 4.98. The Morgan fingerprint density at radius 1 is 1.18 bits per heavy atom. The van der Waals surface area contributed by atoms with Crippen LogP contribution in [0.1, 0.15) is 55.7 Å². The average molecular weight is 254 g/mol. The fourth-order valence-electron chi connectivity index (χ4n) is 2.70. The van der Waals surface area contributed by atoms with Crippen molar-refractivity contribution in [3.8, 4) is 0 Å². The average Bonchev–Trinajstić information content (AvgIpc) is 2.98. The zero-order valence-electron chi connectivity index (χ0n) is 9.84. The van der Waals surface area contributed by atoms with Gasteiger partial charge in [-0.05, 0) is 12.8 Å². The van der Waals surface area contributed by atoms with Gasteiger partial charge in [0.1, 0.15) is 0 Å². The van der Waals surface area contributed by atoms with Crippen LogP contribution in [0.2, 0.25) is 0 Å². The maximum Gasteiger partial charge on any atom is 0.233 e. The molecule has 2 heterocycles. The molecular weight excluding hydrogens is 236 g/mol. The van der Waals surface area contributed by atoms with E-state index in [4.69, 9.17) is 4.52 Å². The van der Waals surface area contributed by atoms with E-state index in [1.807, 2.05) is 0 Å². The molecule has 2 atom stereocenters. The van der Waals surface area contributed by atoms with Crippen LogP contribution in [0.4, 0.5) is 0 Å². The van der Waals surface area contributed by atoms with E-state index in [1.165, 1.54) is 32.1 Å². The van der Waals surface area contributed by atoms with Crippen molar-refractivity contribution in [2.45, 2.75) is 50.0 Å². The molecule has 0 radical (unpaired) electrons. The molecule has 1 saturated heterocycles. The summed E-state index contributed by atoms with van der Waals surface area (Å²) in [6.45, 7) is 0. The fourth-order valence-corrected chi connectivity index (χ4v) is 3.93. The molecule has 17 heavy (non-hydrogen) atoms. The molecule has 2 unspecified atom stereocenters. The highest BCUT2D eigenvalue weighted by atomic mass is 32.2. The van der Waals surface area contributed by atoms with Gasteiger partial charge in [-0.2, -0.15) is 16.7 Å². The molecule has 2 aliphatic rings. The van der Waals surface area contributed by atoms with E-state index in [1.54, 1.807) is 11.8 Å². The van der Waals surface area contributed by atoms with Gasteiger partial charge in [0.05, 0.1) is 12.0 Å². The molecule has 1 aliphatic heterocycles. The monoisotopic (exact) mass is 254 g/mol. The van der Waals surface area contributed by atoms with Gasteiger partial charge in [-0.25, -0.2) is 0 Å². The van der Waals surface area contributed by atoms with Gasteiger partial charge in [0.15, 0.2) is 5.82 Å². The smallest absolute Gasteiger partial charge is 0.233 e. The standard InChI is InChI=1S/C12H18N2O2S/c15-10-7-17-6-9(10)12-13-11(14-16-12)8-4-2-1-3-5-8/h8-10,15H,1-7H2. The largest absolute Gasteiger partial charge is 0.391 e. The molecule has 1 aromatic heterocycles. The quantitative estimate of drug-likeness (QED) is 0.877. The molecule has 1 aliphatic carbocycles. The van der Waals surface area contributed by atoms with E-state index in [0.29, 0.717) is 11.8 Å². The molecule has 4 nitrogen and oxygen atoms in total. The summed E-state index contributed by atoms with van der Waals surface area (Å²) >= 11 is 1.75. The van der Waals surface area contributed by atoms with Crippen LogP contribution in [0.25, 0.3) is 0 Å². The van der Waals surface area contributed by atoms with Gasteiger partial charge < -0.3 is 9.63 Å². The minimum Gasteiger partial charge on any atom is -0.391 e. The summed E-state index contributed by atoms with van der Waals surface area (Å²) in [5.74, 6) is 3.71. The lowest BCUT2D eigenvalue weighted by Crippen LogP contribution is -2.16. The van der Waals surface area contributed by atoms with Crippen LogP contribution in [0.3, 0.4) is 0 Å². The predicted molar refractivity (Wildman–Crippen MR) is 66.2 cm³/mol. The summed E-state index contributed by atoms with van der Waals surface area (Å²) < 4.78 is 5.34. The molecular formula is C12H18N2O2S. The van der Waals surface area contributed by atoms with Gasteiger partial charge in [0.25, 0.3) is 0 Å². The van der Waals surface area contributed by atoms with Gasteiger partial charge >= 0.3 is 0 Å². The molecule has 0 bridgehead atoms. The van der Waals surface area contributed by atoms with Crippen LogP contribution < -0.4 is 0 Å². The summed E-state index contributed by atoms with van der Waals surface area (Å²) in [7, 11) is 0. The highest BCUT2D eigenvalue weighted by Gasteiger charge is 2.33. The molecule has 0 spiro atoms. The van der Waals surface area contributed by atoms with Crippen molar-refractivity contribution in [1.29, 1.82) is 0 Å². The summed E-state index contributed by atoms with van der Waals surface area (Å²) in [6, 6.07) is 0. The zero-order valence-corrected chi connectivity index (χ0v) is 10.7. The topological polar surface area (TPSA) is 59.2 Å². The molecule has 1 N–H and O–H groups in total. The molecule has 0 amide bonds. The Morgan fingerprint density at radius 3 is 2.71 bits per heavy atom. The van der Waals surface area contributed by atoms with Gasteiger partial charge in [0.2, 0.25) is 5.89 Å². The lowest BCUT2D eigenvalue weighted by molar-refractivity contribution is 0.164. The molecule has 5 heteroatoms. The van der Waals surface area contributed by atoms with E-state index in [-0.39, 0.29) is 12.0 Å². The number of thioether (sulfide) groups is 1. The van der Waals surface area contributed by atoms with Crippen LogP contribution in [0, 0.1) is 0 Å². The van der Waals surface area contributed by atoms with Crippen molar-refractivity contribution in [2.24, 2.45) is 0 Å². The molecule has 94 valence electrons. The van der Waals surface area contributed by atoms with E-state index in [0.717, 1.165) is 17.3 Å². The SMILES string of the molecule is OC1CSCC1c1nc(C2CCCCC2)no1. The second-order valence-corrected chi connectivity index (χ2v) is 6.11. The lowest BCUT2D eigenvalue weighted by Gasteiger charge is -2.17. The first-order chi connectivity index (χ1) is 8.34. The van der Waals surface area contributed by atoms with Crippen molar-refractivity contribution >= 4 is 11.8 Å². The third-order valence-electron chi connectivity index (χ3n) is 3.80. The first-order valence-electron chi connectivity index (χ1n) is 6.44. The maximum absolute atomic E-state index is 9.81. The van der Waals surface area contributed by atoms with Crippen molar-refractivity contribution < 1.29 is 9.63 Å². The lowest BCUT2D eigenvalue weighted by atomic mass is 9.89. The third-order valence-corrected chi connectivity index (χ3v) is 4.97. The van der Waals surface area contributed by atoms with Crippen molar-refractivity contribution in [3.05, 3.63) is 11.7 Å². The number of hydrogen-bond acceptors (Lipinski definition) is 5. The fraction of sp³-hybridized carbons (Fsp3) is 0.833. The predicted octanol–water partition coefficient (Wildman–Crippen LogP) is 2.31. The van der Waals surface area contributed by atoms with Crippen molar-refractivity contribution in [1.82, 2.24) is 10.1 Å². The highest BCUT2D eigenvalue weighted by molar-refractivity contribution is 7.99. The molecule has 1 saturated carbocycles. The van der Waals surface area contributed by atoms with Gasteiger partial charge in [-0.1, -0.05) is 24.4 Å². The Hall–Kier alpha value is -0.550.